The summed E-state index contributed by atoms with van der Waals surface area (Å²) in [5, 5.41) is 16.4. The van der Waals surface area contributed by atoms with E-state index >= 15 is 0 Å². The Morgan fingerprint density at radius 3 is 3.00 bits per heavy atom. The molecule has 0 radical (unpaired) electrons. The molecular weight excluding hydrogens is 232 g/mol. The second kappa shape index (κ2) is 4.78. The third-order valence-electron chi connectivity index (χ3n) is 3.51. The standard InChI is InChI=1S/C12H14N4O2/c13-6-10-5-11(18-14-10)8-17-15-12-7-16-3-1-9(12)2-4-16/h5,9H,1-4,7-8H2/b15-12+. The van der Waals surface area contributed by atoms with Crippen LogP contribution < -0.4 is 0 Å². The molecule has 2 bridgehead atoms. The van der Waals surface area contributed by atoms with Gasteiger partial charge in [0.2, 0.25) is 0 Å². The molecule has 18 heavy (non-hydrogen) atoms. The van der Waals surface area contributed by atoms with Gasteiger partial charge in [0.25, 0.3) is 0 Å². The molecule has 4 heterocycles. The molecule has 3 aliphatic heterocycles. The van der Waals surface area contributed by atoms with E-state index in [1.807, 2.05) is 6.07 Å². The number of nitriles is 1. The lowest BCUT2D eigenvalue weighted by Gasteiger charge is -2.39. The zero-order valence-electron chi connectivity index (χ0n) is 10.0. The summed E-state index contributed by atoms with van der Waals surface area (Å²) >= 11 is 0. The van der Waals surface area contributed by atoms with Gasteiger partial charge in [-0.1, -0.05) is 10.3 Å². The van der Waals surface area contributed by atoms with Gasteiger partial charge in [-0.15, -0.1) is 0 Å². The third-order valence-corrected chi connectivity index (χ3v) is 3.51. The molecule has 0 N–H and O–H groups in total. The molecule has 6 heteroatoms. The first kappa shape index (κ1) is 11.2. The van der Waals surface area contributed by atoms with E-state index < -0.39 is 0 Å². The Balaban J connectivity index is 1.56. The van der Waals surface area contributed by atoms with Crippen molar-refractivity contribution in [1.29, 1.82) is 5.26 Å². The first-order chi connectivity index (χ1) is 8.85. The number of piperidine rings is 3. The number of hydrogen-bond donors (Lipinski definition) is 0. The van der Waals surface area contributed by atoms with Crippen LogP contribution in [0.1, 0.15) is 24.3 Å². The molecule has 0 spiro atoms. The van der Waals surface area contributed by atoms with Crippen LogP contribution in [0.15, 0.2) is 15.7 Å². The molecule has 4 rings (SSSR count). The maximum Gasteiger partial charge on any atom is 0.183 e. The molecule has 0 unspecified atom stereocenters. The number of oxime groups is 1. The van der Waals surface area contributed by atoms with E-state index in [0.29, 0.717) is 11.7 Å². The summed E-state index contributed by atoms with van der Waals surface area (Å²) in [5.74, 6) is 1.11. The van der Waals surface area contributed by atoms with Crippen molar-refractivity contribution in [3.63, 3.8) is 0 Å². The third kappa shape index (κ3) is 2.22. The maximum atomic E-state index is 8.61. The largest absolute Gasteiger partial charge is 0.387 e. The van der Waals surface area contributed by atoms with Gasteiger partial charge in [-0.05, 0) is 25.9 Å². The van der Waals surface area contributed by atoms with Crippen LogP contribution in [0.3, 0.4) is 0 Å². The van der Waals surface area contributed by atoms with Gasteiger partial charge in [0, 0.05) is 18.5 Å². The van der Waals surface area contributed by atoms with Crippen LogP contribution in [0.2, 0.25) is 0 Å². The number of nitrogens with zero attached hydrogens (tertiary/aromatic N) is 4. The van der Waals surface area contributed by atoms with E-state index in [2.05, 4.69) is 15.2 Å². The minimum absolute atomic E-state index is 0.227. The summed E-state index contributed by atoms with van der Waals surface area (Å²) in [6.07, 6.45) is 2.37. The van der Waals surface area contributed by atoms with E-state index in [1.54, 1.807) is 6.07 Å². The fourth-order valence-corrected chi connectivity index (χ4v) is 2.50. The topological polar surface area (TPSA) is 74.7 Å². The van der Waals surface area contributed by atoms with Crippen molar-refractivity contribution in [1.82, 2.24) is 10.1 Å². The Bertz CT molecular complexity index is 494. The summed E-state index contributed by atoms with van der Waals surface area (Å²) in [6.45, 7) is 3.50. The lowest BCUT2D eigenvalue weighted by Crippen LogP contribution is -2.47. The summed E-state index contributed by atoms with van der Waals surface area (Å²) in [7, 11) is 0. The first-order valence-corrected chi connectivity index (χ1v) is 6.12. The van der Waals surface area contributed by atoms with Crippen LogP contribution in [-0.2, 0) is 11.4 Å². The van der Waals surface area contributed by atoms with Gasteiger partial charge in [-0.25, -0.2) is 0 Å². The van der Waals surface area contributed by atoms with E-state index in [0.717, 1.165) is 12.3 Å². The normalized spacial score (nSPS) is 28.3. The first-order valence-electron chi connectivity index (χ1n) is 6.12. The Labute approximate surface area is 105 Å². The van der Waals surface area contributed by atoms with Crippen molar-refractivity contribution in [3.05, 3.63) is 17.5 Å². The molecule has 0 saturated carbocycles. The van der Waals surface area contributed by atoms with Crippen molar-refractivity contribution >= 4 is 5.71 Å². The van der Waals surface area contributed by atoms with Crippen LogP contribution in [0.25, 0.3) is 0 Å². The summed E-state index contributed by atoms with van der Waals surface area (Å²) in [6, 6.07) is 3.47. The van der Waals surface area contributed by atoms with Crippen molar-refractivity contribution in [2.75, 3.05) is 19.6 Å². The zero-order chi connectivity index (χ0) is 12.4. The van der Waals surface area contributed by atoms with Crippen molar-refractivity contribution in [3.8, 4) is 6.07 Å². The van der Waals surface area contributed by atoms with Gasteiger partial charge < -0.3 is 9.36 Å². The van der Waals surface area contributed by atoms with Gasteiger partial charge >= 0.3 is 0 Å². The van der Waals surface area contributed by atoms with Crippen molar-refractivity contribution in [2.45, 2.75) is 19.4 Å². The molecule has 3 fully saturated rings. The smallest absolute Gasteiger partial charge is 0.183 e. The van der Waals surface area contributed by atoms with Gasteiger partial charge in [0.05, 0.1) is 5.71 Å². The van der Waals surface area contributed by atoms with Gasteiger partial charge in [0.15, 0.2) is 18.1 Å². The van der Waals surface area contributed by atoms with Crippen molar-refractivity contribution in [2.24, 2.45) is 11.1 Å². The van der Waals surface area contributed by atoms with Crippen LogP contribution >= 0.6 is 0 Å². The molecule has 1 aromatic heterocycles. The minimum Gasteiger partial charge on any atom is -0.387 e. The Morgan fingerprint density at radius 2 is 2.39 bits per heavy atom. The fraction of sp³-hybridized carbons (Fsp3) is 0.583. The molecule has 3 aliphatic rings. The predicted octanol–water partition coefficient (Wildman–Crippen LogP) is 1.14. The van der Waals surface area contributed by atoms with Crippen LogP contribution in [0, 0.1) is 17.2 Å². The number of rotatable bonds is 3. The Kier molecular flexibility index (Phi) is 2.99. The highest BCUT2D eigenvalue weighted by atomic mass is 16.6. The van der Waals surface area contributed by atoms with Crippen LogP contribution in [-0.4, -0.2) is 35.4 Å². The molecule has 0 atom stereocenters. The molecule has 0 aliphatic carbocycles. The lowest BCUT2D eigenvalue weighted by atomic mass is 9.87. The minimum atomic E-state index is 0.227. The predicted molar refractivity (Wildman–Crippen MR) is 62.6 cm³/mol. The van der Waals surface area contributed by atoms with Gasteiger partial charge in [0.1, 0.15) is 6.07 Å². The molecule has 94 valence electrons. The fourth-order valence-electron chi connectivity index (χ4n) is 2.50. The summed E-state index contributed by atoms with van der Waals surface area (Å²) in [4.78, 5) is 7.68. The molecule has 1 aromatic rings. The SMILES string of the molecule is N#Cc1cc(CO/N=C2\CN3CCC2CC3)on1. The zero-order valence-corrected chi connectivity index (χ0v) is 10.0. The average molecular weight is 246 g/mol. The van der Waals surface area contributed by atoms with Crippen LogP contribution in [0.4, 0.5) is 0 Å². The van der Waals surface area contributed by atoms with Crippen molar-refractivity contribution < 1.29 is 9.36 Å². The lowest BCUT2D eigenvalue weighted by molar-refractivity contribution is 0.100. The Morgan fingerprint density at radius 1 is 1.56 bits per heavy atom. The van der Waals surface area contributed by atoms with Crippen LogP contribution in [0.5, 0.6) is 0 Å². The number of fused-ring (bicyclic) bond motifs is 3. The quantitative estimate of drug-likeness (QED) is 0.748. The second-order valence-electron chi connectivity index (χ2n) is 4.70. The highest BCUT2D eigenvalue weighted by Crippen LogP contribution is 2.25. The molecule has 6 nitrogen and oxygen atoms in total. The molecule has 0 amide bonds. The molecule has 0 aromatic carbocycles. The Hall–Kier alpha value is -1.87. The molecular formula is C12H14N4O2. The average Bonchev–Trinajstić information content (AvgIpc) is 2.88. The van der Waals surface area contributed by atoms with E-state index in [-0.39, 0.29) is 12.3 Å². The monoisotopic (exact) mass is 246 g/mol. The van der Waals surface area contributed by atoms with Gasteiger partial charge in [-0.2, -0.15) is 5.26 Å². The second-order valence-corrected chi connectivity index (χ2v) is 4.70. The summed E-state index contributed by atoms with van der Waals surface area (Å²) < 4.78 is 4.93. The molecule has 3 saturated heterocycles. The van der Waals surface area contributed by atoms with E-state index in [4.69, 9.17) is 14.6 Å². The number of aromatic nitrogens is 1. The van der Waals surface area contributed by atoms with E-state index in [9.17, 15) is 0 Å². The van der Waals surface area contributed by atoms with Gasteiger partial charge in [-0.3, -0.25) is 4.90 Å². The summed E-state index contributed by atoms with van der Waals surface area (Å²) in [5.41, 5.74) is 1.40. The highest BCUT2D eigenvalue weighted by molar-refractivity contribution is 5.89. The number of hydrogen-bond acceptors (Lipinski definition) is 6. The van der Waals surface area contributed by atoms with E-state index in [1.165, 1.54) is 25.9 Å². The highest BCUT2D eigenvalue weighted by Gasteiger charge is 2.31. The maximum absolute atomic E-state index is 8.61.